The zero-order valence-corrected chi connectivity index (χ0v) is 12.9. The van der Waals surface area contributed by atoms with Gasteiger partial charge in [-0.3, -0.25) is 0 Å². The highest BCUT2D eigenvalue weighted by Gasteiger charge is 2.58. The van der Waals surface area contributed by atoms with Gasteiger partial charge >= 0.3 is 0 Å². The van der Waals surface area contributed by atoms with E-state index in [1.54, 1.807) is 0 Å². The van der Waals surface area contributed by atoms with Crippen LogP contribution < -0.4 is 0 Å². The lowest BCUT2D eigenvalue weighted by Crippen LogP contribution is -2.51. The average molecular weight is 259 g/mol. The van der Waals surface area contributed by atoms with E-state index < -0.39 is 13.9 Å². The maximum atomic E-state index is 8.07. The molecule has 0 saturated carbocycles. The first-order valence-corrected chi connectivity index (χ1v) is 9.37. The minimum Gasteiger partial charge on any atom is -0.408 e. The molecular weight excluding hydrogens is 232 g/mol. The van der Waals surface area contributed by atoms with Gasteiger partial charge in [-0.15, -0.1) is 0 Å². The third-order valence-electron chi connectivity index (χ3n) is 4.58. The molecule has 0 spiro atoms. The van der Waals surface area contributed by atoms with E-state index in [0.717, 1.165) is 0 Å². The lowest BCUT2D eigenvalue weighted by Gasteiger charge is -2.40. The number of hydrogen-bond donors (Lipinski definition) is 0. The van der Waals surface area contributed by atoms with Crippen molar-refractivity contribution in [1.82, 2.24) is 0 Å². The van der Waals surface area contributed by atoms with Gasteiger partial charge in [-0.05, 0) is 24.5 Å². The Labute approximate surface area is 107 Å². The number of fused-ring (bicyclic) bond motifs is 2. The minimum absolute atomic E-state index is 0.0203. The molecule has 0 radical (unpaired) electrons. The van der Waals surface area contributed by atoms with E-state index in [9.17, 15) is 0 Å². The standard InChI is InChI=1S/C13H26O3Si/c1-7-13-9-14-10(8-15-13)11(13)16-17(5,6)12(2,3)4/h10-11H,7-9H2,1-6H3/t10-,11-,13-/m0/s1/i7D/t7?,10-,11-,13-. The van der Waals surface area contributed by atoms with Crippen molar-refractivity contribution in [1.29, 1.82) is 0 Å². The van der Waals surface area contributed by atoms with Crippen LogP contribution in [-0.4, -0.2) is 39.3 Å². The quantitative estimate of drug-likeness (QED) is 0.729. The first-order valence-electron chi connectivity index (χ1n) is 7.03. The molecule has 100 valence electrons. The minimum atomic E-state index is -1.85. The number of ether oxygens (including phenoxy) is 2. The number of hydrogen-bond acceptors (Lipinski definition) is 3. The molecule has 0 aromatic carbocycles. The molecule has 0 aromatic rings. The zero-order valence-electron chi connectivity index (χ0n) is 12.9. The Morgan fingerprint density at radius 1 is 1.47 bits per heavy atom. The van der Waals surface area contributed by atoms with Crippen LogP contribution in [0.2, 0.25) is 18.1 Å². The molecule has 4 heteroatoms. The molecular formula is C13H26O3Si. The van der Waals surface area contributed by atoms with Crippen LogP contribution in [0.1, 0.15) is 35.5 Å². The molecule has 2 heterocycles. The second-order valence-electron chi connectivity index (χ2n) is 6.70. The monoisotopic (exact) mass is 259 g/mol. The summed E-state index contributed by atoms with van der Waals surface area (Å²) in [5, 5.41) is 0.168. The van der Waals surface area contributed by atoms with Crippen molar-refractivity contribution in [2.75, 3.05) is 13.2 Å². The van der Waals surface area contributed by atoms with E-state index in [0.29, 0.717) is 13.2 Å². The Bertz CT molecular complexity index is 317. The van der Waals surface area contributed by atoms with Crippen molar-refractivity contribution < 1.29 is 15.3 Å². The molecule has 4 atom stereocenters. The summed E-state index contributed by atoms with van der Waals surface area (Å²) in [5.74, 6) is 0. The Morgan fingerprint density at radius 3 is 2.53 bits per heavy atom. The molecule has 2 fully saturated rings. The van der Waals surface area contributed by atoms with E-state index in [2.05, 4.69) is 33.9 Å². The molecule has 2 aliphatic heterocycles. The van der Waals surface area contributed by atoms with Gasteiger partial charge in [0.2, 0.25) is 0 Å². The first kappa shape index (κ1) is 12.1. The third kappa shape index (κ3) is 2.09. The summed E-state index contributed by atoms with van der Waals surface area (Å²) >= 11 is 0. The fraction of sp³-hybridized carbons (Fsp3) is 1.00. The van der Waals surface area contributed by atoms with Gasteiger partial charge in [-0.25, -0.2) is 0 Å². The van der Waals surface area contributed by atoms with Gasteiger partial charge in [0.25, 0.3) is 0 Å². The van der Waals surface area contributed by atoms with Crippen molar-refractivity contribution in [2.45, 2.75) is 70.0 Å². The SMILES string of the molecule is [2H]C(C)[C@@]12CO[C@@H](CO1)[C@@H]2O[Si](C)(C)C(C)(C)C. The molecule has 0 aromatic heterocycles. The lowest BCUT2D eigenvalue weighted by molar-refractivity contribution is -0.101. The van der Waals surface area contributed by atoms with Gasteiger partial charge in [0.15, 0.2) is 8.32 Å². The van der Waals surface area contributed by atoms with E-state index in [4.69, 9.17) is 15.3 Å². The Morgan fingerprint density at radius 2 is 2.12 bits per heavy atom. The maximum absolute atomic E-state index is 8.07. The van der Waals surface area contributed by atoms with Crippen LogP contribution >= 0.6 is 0 Å². The van der Waals surface area contributed by atoms with Gasteiger partial charge in [0.1, 0.15) is 17.8 Å². The molecule has 1 unspecified atom stereocenters. The van der Waals surface area contributed by atoms with E-state index in [-0.39, 0.29) is 23.6 Å². The average Bonchev–Trinajstić information content (AvgIpc) is 2.72. The second-order valence-corrected chi connectivity index (χ2v) is 11.5. The summed E-state index contributed by atoms with van der Waals surface area (Å²) < 4.78 is 26.2. The summed E-state index contributed by atoms with van der Waals surface area (Å²) in [6.07, 6.45) is -0.363. The predicted molar refractivity (Wildman–Crippen MR) is 70.8 cm³/mol. The highest BCUT2D eigenvalue weighted by Crippen LogP contribution is 2.45. The van der Waals surface area contributed by atoms with Gasteiger partial charge in [-0.1, -0.05) is 27.7 Å². The van der Waals surface area contributed by atoms with E-state index in [1.807, 2.05) is 6.92 Å². The van der Waals surface area contributed by atoms with Crippen LogP contribution in [0.5, 0.6) is 0 Å². The first-order chi connectivity index (χ1) is 8.10. The van der Waals surface area contributed by atoms with Crippen LogP contribution in [-0.2, 0) is 13.9 Å². The van der Waals surface area contributed by atoms with Gasteiger partial charge in [0.05, 0.1) is 13.2 Å². The van der Waals surface area contributed by atoms with Gasteiger partial charge in [0, 0.05) is 1.37 Å². The predicted octanol–water partition coefficient (Wildman–Crippen LogP) is 2.95. The van der Waals surface area contributed by atoms with Crippen LogP contribution in [0.15, 0.2) is 0 Å². The van der Waals surface area contributed by atoms with Crippen LogP contribution in [0.25, 0.3) is 0 Å². The smallest absolute Gasteiger partial charge is 0.192 e. The van der Waals surface area contributed by atoms with Gasteiger partial charge < -0.3 is 13.9 Å². The summed E-state index contributed by atoms with van der Waals surface area (Å²) in [6.45, 7) is 14.1. The Balaban J connectivity index is 2.19. The van der Waals surface area contributed by atoms with Crippen LogP contribution in [0, 0.1) is 0 Å². The fourth-order valence-corrected chi connectivity index (χ4v) is 3.56. The largest absolute Gasteiger partial charge is 0.408 e. The van der Waals surface area contributed by atoms with Crippen molar-refractivity contribution >= 4 is 8.32 Å². The van der Waals surface area contributed by atoms with E-state index in [1.165, 1.54) is 0 Å². The lowest BCUT2D eigenvalue weighted by atomic mass is 9.97. The Kier molecular flexibility index (Phi) is 2.89. The van der Waals surface area contributed by atoms with Crippen molar-refractivity contribution in [2.24, 2.45) is 0 Å². The molecule has 2 aliphatic rings. The highest BCUT2D eigenvalue weighted by atomic mass is 28.4. The number of rotatable bonds is 3. The molecule has 0 aliphatic carbocycles. The molecule has 0 amide bonds. The van der Waals surface area contributed by atoms with Crippen LogP contribution in [0.4, 0.5) is 0 Å². The van der Waals surface area contributed by atoms with E-state index >= 15 is 0 Å². The molecule has 0 N–H and O–H groups in total. The zero-order chi connectivity index (χ0) is 13.8. The fourth-order valence-electron chi connectivity index (χ4n) is 2.22. The summed E-state index contributed by atoms with van der Waals surface area (Å²) in [7, 11) is -1.85. The normalized spacial score (nSPS) is 40.5. The second kappa shape index (κ2) is 4.05. The van der Waals surface area contributed by atoms with Crippen molar-refractivity contribution in [3.05, 3.63) is 0 Å². The van der Waals surface area contributed by atoms with Crippen LogP contribution in [0.3, 0.4) is 0 Å². The molecule has 2 rings (SSSR count). The van der Waals surface area contributed by atoms with Crippen molar-refractivity contribution in [3.63, 3.8) is 0 Å². The third-order valence-corrected chi connectivity index (χ3v) is 9.03. The maximum Gasteiger partial charge on any atom is 0.192 e. The van der Waals surface area contributed by atoms with Gasteiger partial charge in [-0.2, -0.15) is 0 Å². The summed E-state index contributed by atoms with van der Waals surface area (Å²) in [5.41, 5.74) is -0.541. The highest BCUT2D eigenvalue weighted by molar-refractivity contribution is 6.74. The molecule has 17 heavy (non-hydrogen) atoms. The molecule has 2 saturated heterocycles. The Hall–Kier alpha value is 0.0969. The molecule has 2 bridgehead atoms. The summed E-state index contributed by atoms with van der Waals surface area (Å²) in [6, 6.07) is 0. The summed E-state index contributed by atoms with van der Waals surface area (Å²) in [4.78, 5) is 0. The topological polar surface area (TPSA) is 27.7 Å². The van der Waals surface area contributed by atoms with Crippen molar-refractivity contribution in [3.8, 4) is 0 Å². The molecule has 3 nitrogen and oxygen atoms in total.